The van der Waals surface area contributed by atoms with E-state index in [1.807, 2.05) is 0 Å². The SMILES string of the molecule is C[C@H](CCC(=O)O)[C@H]1CC[C@H]2[C@@H]3C(=O)CC4CC(=O)CC[C@]4(C)[C@H]3CC(C)(C)[C@]12C. The Kier molecular flexibility index (Phi) is 5.26. The highest BCUT2D eigenvalue weighted by atomic mass is 16.4. The zero-order valence-corrected chi connectivity index (χ0v) is 19.5. The van der Waals surface area contributed by atoms with Gasteiger partial charge in [-0.1, -0.05) is 34.6 Å². The zero-order valence-electron chi connectivity index (χ0n) is 19.5. The average molecular weight is 417 g/mol. The Balaban J connectivity index is 1.68. The van der Waals surface area contributed by atoms with E-state index in [0.717, 1.165) is 32.1 Å². The molecule has 4 rings (SSSR count). The summed E-state index contributed by atoms with van der Waals surface area (Å²) in [5.74, 6) is 2.04. The molecule has 4 heteroatoms. The van der Waals surface area contributed by atoms with Gasteiger partial charge in [-0.25, -0.2) is 0 Å². The van der Waals surface area contributed by atoms with E-state index < -0.39 is 5.97 Å². The topological polar surface area (TPSA) is 71.4 Å². The van der Waals surface area contributed by atoms with Crippen molar-refractivity contribution in [2.75, 3.05) is 0 Å². The normalized spacial score (nSPS) is 46.0. The standard InChI is InChI=1S/C26H40O4/c1-15(6-9-22(29)30)18-7-8-19-23-20(14-24(2,3)26(18,19)5)25(4)11-10-17(27)12-16(25)13-21(23)28/h15-16,18-20,23H,6-14H2,1-5H3,(H,29,30)/t15-,16?,18-,19+,20+,23+,25+,26-/m1/s1. The molecule has 0 spiro atoms. The van der Waals surface area contributed by atoms with Crippen LogP contribution in [0.1, 0.15) is 92.4 Å². The fraction of sp³-hybridized carbons (Fsp3) is 0.885. The molecule has 0 aromatic rings. The van der Waals surface area contributed by atoms with Crippen LogP contribution in [-0.4, -0.2) is 22.6 Å². The van der Waals surface area contributed by atoms with Crippen molar-refractivity contribution in [1.82, 2.24) is 0 Å². The smallest absolute Gasteiger partial charge is 0.303 e. The summed E-state index contributed by atoms with van der Waals surface area (Å²) in [6, 6.07) is 0. The lowest BCUT2D eigenvalue weighted by atomic mass is 9.39. The van der Waals surface area contributed by atoms with Crippen LogP contribution < -0.4 is 0 Å². The van der Waals surface area contributed by atoms with Gasteiger partial charge in [-0.3, -0.25) is 14.4 Å². The molecule has 0 heterocycles. The number of fused-ring (bicyclic) bond motifs is 5. The molecule has 0 aliphatic heterocycles. The summed E-state index contributed by atoms with van der Waals surface area (Å²) in [5.41, 5.74) is 0.275. The number of carbonyl (C=O) groups is 3. The van der Waals surface area contributed by atoms with Crippen molar-refractivity contribution >= 4 is 17.5 Å². The largest absolute Gasteiger partial charge is 0.481 e. The van der Waals surface area contributed by atoms with Crippen molar-refractivity contribution in [2.45, 2.75) is 92.4 Å². The molecule has 1 N–H and O–H groups in total. The fourth-order valence-electron chi connectivity index (χ4n) is 8.88. The first-order valence-electron chi connectivity index (χ1n) is 12.2. The van der Waals surface area contributed by atoms with E-state index in [9.17, 15) is 19.5 Å². The second kappa shape index (κ2) is 7.17. The molecule has 0 bridgehead atoms. The van der Waals surface area contributed by atoms with Crippen LogP contribution in [0.25, 0.3) is 0 Å². The average Bonchev–Trinajstić information content (AvgIpc) is 3.01. The van der Waals surface area contributed by atoms with Crippen LogP contribution >= 0.6 is 0 Å². The van der Waals surface area contributed by atoms with Gasteiger partial charge in [0.25, 0.3) is 0 Å². The van der Waals surface area contributed by atoms with E-state index in [1.54, 1.807) is 0 Å². The summed E-state index contributed by atoms with van der Waals surface area (Å²) in [4.78, 5) is 36.9. The molecule has 4 nitrogen and oxygen atoms in total. The molecule has 168 valence electrons. The molecule has 0 amide bonds. The van der Waals surface area contributed by atoms with E-state index >= 15 is 0 Å². The van der Waals surface area contributed by atoms with Crippen LogP contribution in [0.5, 0.6) is 0 Å². The summed E-state index contributed by atoms with van der Waals surface area (Å²) >= 11 is 0. The second-order valence-electron chi connectivity index (χ2n) is 12.3. The Hall–Kier alpha value is -1.19. The first-order valence-corrected chi connectivity index (χ1v) is 12.2. The number of carboxylic acids is 1. The minimum absolute atomic E-state index is 0.0649. The van der Waals surface area contributed by atoms with Gasteiger partial charge in [0.05, 0.1) is 0 Å². The number of aliphatic carboxylic acids is 1. The molecule has 4 saturated carbocycles. The maximum absolute atomic E-state index is 13.5. The molecule has 1 unspecified atom stereocenters. The van der Waals surface area contributed by atoms with Gasteiger partial charge >= 0.3 is 5.97 Å². The van der Waals surface area contributed by atoms with Crippen LogP contribution in [0, 0.1) is 51.8 Å². The van der Waals surface area contributed by atoms with Crippen LogP contribution in [0.4, 0.5) is 0 Å². The predicted molar refractivity (Wildman–Crippen MR) is 116 cm³/mol. The molecule has 4 fully saturated rings. The highest BCUT2D eigenvalue weighted by Gasteiger charge is 2.68. The van der Waals surface area contributed by atoms with Gasteiger partial charge in [0.2, 0.25) is 0 Å². The zero-order chi connectivity index (χ0) is 22.1. The van der Waals surface area contributed by atoms with Gasteiger partial charge in [-0.15, -0.1) is 0 Å². The summed E-state index contributed by atoms with van der Waals surface area (Å²) in [5, 5.41) is 9.18. The van der Waals surface area contributed by atoms with Crippen LogP contribution in [-0.2, 0) is 14.4 Å². The third kappa shape index (κ3) is 3.03. The van der Waals surface area contributed by atoms with Gasteiger partial charge in [-0.2, -0.15) is 0 Å². The Morgan fingerprint density at radius 2 is 1.80 bits per heavy atom. The molecule has 30 heavy (non-hydrogen) atoms. The number of hydrogen-bond acceptors (Lipinski definition) is 3. The number of Topliss-reactive ketones (excluding diaryl/α,β-unsaturated/α-hetero) is 2. The van der Waals surface area contributed by atoms with Crippen molar-refractivity contribution in [2.24, 2.45) is 51.8 Å². The number of carboxylic acid groups (broad SMARTS) is 1. The third-order valence-electron chi connectivity index (χ3n) is 10.9. The first kappa shape index (κ1) is 22.0. The molecular weight excluding hydrogens is 376 g/mol. The van der Waals surface area contributed by atoms with Gasteiger partial charge in [0.1, 0.15) is 11.6 Å². The first-order chi connectivity index (χ1) is 13.9. The molecule has 0 aromatic carbocycles. The molecule has 4 aliphatic carbocycles. The van der Waals surface area contributed by atoms with Crippen LogP contribution in [0.15, 0.2) is 0 Å². The monoisotopic (exact) mass is 416 g/mol. The van der Waals surface area contributed by atoms with Gasteiger partial charge in [0, 0.05) is 31.6 Å². The van der Waals surface area contributed by atoms with Crippen LogP contribution in [0.2, 0.25) is 0 Å². The number of rotatable bonds is 4. The van der Waals surface area contributed by atoms with Gasteiger partial charge < -0.3 is 5.11 Å². The van der Waals surface area contributed by atoms with Crippen molar-refractivity contribution in [3.63, 3.8) is 0 Å². The summed E-state index contributed by atoms with van der Waals surface area (Å²) in [7, 11) is 0. The predicted octanol–water partition coefficient (Wildman–Crippen LogP) is 5.53. The molecule has 0 radical (unpaired) electrons. The summed E-state index contributed by atoms with van der Waals surface area (Å²) < 4.78 is 0. The van der Waals surface area contributed by atoms with Gasteiger partial charge in [-0.05, 0) is 77.9 Å². The molecule has 4 aliphatic rings. The Morgan fingerprint density at radius 1 is 1.10 bits per heavy atom. The lowest BCUT2D eigenvalue weighted by Crippen LogP contribution is -2.62. The van der Waals surface area contributed by atoms with Crippen molar-refractivity contribution in [3.8, 4) is 0 Å². The lowest BCUT2D eigenvalue weighted by molar-refractivity contribution is -0.181. The minimum atomic E-state index is -0.710. The minimum Gasteiger partial charge on any atom is -0.481 e. The molecule has 0 saturated heterocycles. The van der Waals surface area contributed by atoms with Crippen molar-refractivity contribution in [3.05, 3.63) is 0 Å². The number of carbonyl (C=O) groups excluding carboxylic acids is 2. The highest BCUT2D eigenvalue weighted by molar-refractivity contribution is 5.86. The summed E-state index contributed by atoms with van der Waals surface area (Å²) in [6.45, 7) is 11.9. The highest BCUT2D eigenvalue weighted by Crippen LogP contribution is 2.72. The fourth-order valence-corrected chi connectivity index (χ4v) is 8.88. The number of ketones is 2. The van der Waals surface area contributed by atoms with Gasteiger partial charge in [0.15, 0.2) is 0 Å². The number of hydrogen-bond donors (Lipinski definition) is 1. The van der Waals surface area contributed by atoms with E-state index in [2.05, 4.69) is 34.6 Å². The van der Waals surface area contributed by atoms with E-state index in [-0.39, 0.29) is 34.5 Å². The molecular formula is C26H40O4. The van der Waals surface area contributed by atoms with Crippen molar-refractivity contribution in [1.29, 1.82) is 0 Å². The van der Waals surface area contributed by atoms with E-state index in [4.69, 9.17) is 0 Å². The Bertz CT molecular complexity index is 754. The maximum atomic E-state index is 13.5. The quantitative estimate of drug-likeness (QED) is 0.654. The maximum Gasteiger partial charge on any atom is 0.303 e. The Morgan fingerprint density at radius 3 is 2.47 bits per heavy atom. The third-order valence-corrected chi connectivity index (χ3v) is 10.9. The second-order valence-corrected chi connectivity index (χ2v) is 12.3. The van der Waals surface area contributed by atoms with E-state index in [1.165, 1.54) is 0 Å². The Labute approximate surface area is 181 Å². The van der Waals surface area contributed by atoms with E-state index in [0.29, 0.717) is 54.5 Å². The van der Waals surface area contributed by atoms with Crippen molar-refractivity contribution < 1.29 is 19.5 Å². The molecule has 0 aromatic heterocycles. The molecule has 8 atom stereocenters. The summed E-state index contributed by atoms with van der Waals surface area (Å²) in [6.07, 6.45) is 7.04. The van der Waals surface area contributed by atoms with Crippen LogP contribution in [0.3, 0.4) is 0 Å². The lowest BCUT2D eigenvalue weighted by Gasteiger charge is -2.65.